The van der Waals surface area contributed by atoms with Crippen molar-refractivity contribution < 1.29 is 28.5 Å². The van der Waals surface area contributed by atoms with Gasteiger partial charge < -0.3 is 18.9 Å². The Morgan fingerprint density at radius 1 is 1.00 bits per heavy atom. The molecule has 1 atom stereocenters. The molecule has 1 unspecified atom stereocenters. The molecule has 0 heterocycles. The molecular weight excluding hydrogens is 264 g/mol. The molecular formula is C14H18O6. The molecule has 0 bridgehead atoms. The van der Waals surface area contributed by atoms with Gasteiger partial charge in [0.15, 0.2) is 17.6 Å². The third-order valence-corrected chi connectivity index (χ3v) is 2.66. The molecule has 0 amide bonds. The standard InChI is InChI=1S/C14H18O6/c1-8(20-9(2)15)13(16)10-6-11(17-3)14(19-5)12(7-10)18-4/h6-8H,1-5H3. The zero-order chi connectivity index (χ0) is 15.3. The van der Waals surface area contributed by atoms with Crippen LogP contribution in [0.25, 0.3) is 0 Å². The maximum Gasteiger partial charge on any atom is 0.303 e. The highest BCUT2D eigenvalue weighted by Gasteiger charge is 2.22. The van der Waals surface area contributed by atoms with Gasteiger partial charge in [0.2, 0.25) is 11.5 Å². The van der Waals surface area contributed by atoms with Crippen LogP contribution in [0, 0.1) is 0 Å². The number of benzene rings is 1. The van der Waals surface area contributed by atoms with Crippen molar-refractivity contribution in [1.82, 2.24) is 0 Å². The number of esters is 1. The monoisotopic (exact) mass is 282 g/mol. The fourth-order valence-electron chi connectivity index (χ4n) is 1.76. The van der Waals surface area contributed by atoms with Gasteiger partial charge in [0.25, 0.3) is 0 Å². The smallest absolute Gasteiger partial charge is 0.303 e. The SMILES string of the molecule is COc1cc(C(=O)C(C)OC(C)=O)cc(OC)c1OC. The van der Waals surface area contributed by atoms with Crippen LogP contribution in [-0.4, -0.2) is 39.2 Å². The molecule has 0 saturated carbocycles. The van der Waals surface area contributed by atoms with Gasteiger partial charge in [0.1, 0.15) is 0 Å². The summed E-state index contributed by atoms with van der Waals surface area (Å²) in [7, 11) is 4.39. The number of rotatable bonds is 6. The number of hydrogen-bond donors (Lipinski definition) is 0. The molecule has 110 valence electrons. The van der Waals surface area contributed by atoms with Crippen LogP contribution in [0.2, 0.25) is 0 Å². The van der Waals surface area contributed by atoms with E-state index in [9.17, 15) is 9.59 Å². The summed E-state index contributed by atoms with van der Waals surface area (Å²) in [6.07, 6.45) is -0.879. The fourth-order valence-corrected chi connectivity index (χ4v) is 1.76. The molecule has 6 nitrogen and oxygen atoms in total. The third kappa shape index (κ3) is 3.40. The van der Waals surface area contributed by atoms with Crippen LogP contribution in [0.5, 0.6) is 17.2 Å². The predicted octanol–water partition coefficient (Wildman–Crippen LogP) is 1.85. The van der Waals surface area contributed by atoms with Gasteiger partial charge in [-0.05, 0) is 19.1 Å². The van der Waals surface area contributed by atoms with Crippen LogP contribution in [-0.2, 0) is 9.53 Å². The number of Topliss-reactive ketones (excluding diaryl/α,β-unsaturated/α-hetero) is 1. The van der Waals surface area contributed by atoms with Crippen LogP contribution >= 0.6 is 0 Å². The summed E-state index contributed by atoms with van der Waals surface area (Å²) in [5, 5.41) is 0. The van der Waals surface area contributed by atoms with Gasteiger partial charge >= 0.3 is 5.97 Å². The van der Waals surface area contributed by atoms with Crippen molar-refractivity contribution in [2.24, 2.45) is 0 Å². The summed E-state index contributed by atoms with van der Waals surface area (Å²) in [5.41, 5.74) is 0.313. The van der Waals surface area contributed by atoms with Crippen molar-refractivity contribution in [2.75, 3.05) is 21.3 Å². The molecule has 0 aliphatic carbocycles. The summed E-state index contributed by atoms with van der Waals surface area (Å²) in [6, 6.07) is 3.04. The van der Waals surface area contributed by atoms with Crippen LogP contribution in [0.4, 0.5) is 0 Å². The lowest BCUT2D eigenvalue weighted by Crippen LogP contribution is -2.23. The molecule has 1 aromatic carbocycles. The van der Waals surface area contributed by atoms with E-state index >= 15 is 0 Å². The van der Waals surface area contributed by atoms with Gasteiger partial charge in [-0.15, -0.1) is 0 Å². The minimum Gasteiger partial charge on any atom is -0.493 e. The number of hydrogen-bond acceptors (Lipinski definition) is 6. The highest BCUT2D eigenvalue weighted by atomic mass is 16.5. The Balaban J connectivity index is 3.18. The Morgan fingerprint density at radius 3 is 1.85 bits per heavy atom. The Labute approximate surface area is 117 Å². The number of ketones is 1. The highest BCUT2D eigenvalue weighted by Crippen LogP contribution is 2.38. The van der Waals surface area contributed by atoms with E-state index in [1.54, 1.807) is 0 Å². The normalized spacial score (nSPS) is 11.4. The molecule has 1 aromatic rings. The van der Waals surface area contributed by atoms with E-state index < -0.39 is 12.1 Å². The summed E-state index contributed by atoms with van der Waals surface area (Å²) >= 11 is 0. The third-order valence-electron chi connectivity index (χ3n) is 2.66. The van der Waals surface area contributed by atoms with Gasteiger partial charge in [-0.25, -0.2) is 0 Å². The molecule has 0 aliphatic heterocycles. The molecule has 20 heavy (non-hydrogen) atoms. The largest absolute Gasteiger partial charge is 0.493 e. The fraction of sp³-hybridized carbons (Fsp3) is 0.429. The number of carbonyl (C=O) groups is 2. The molecule has 0 N–H and O–H groups in total. The van der Waals surface area contributed by atoms with E-state index in [0.717, 1.165) is 0 Å². The lowest BCUT2D eigenvalue weighted by Gasteiger charge is -2.15. The van der Waals surface area contributed by atoms with Crippen molar-refractivity contribution in [1.29, 1.82) is 0 Å². The predicted molar refractivity (Wildman–Crippen MR) is 71.7 cm³/mol. The summed E-state index contributed by atoms with van der Waals surface area (Å²) < 4.78 is 20.4. The lowest BCUT2D eigenvalue weighted by molar-refractivity contribution is -0.143. The van der Waals surface area contributed by atoms with Crippen LogP contribution in [0.1, 0.15) is 24.2 Å². The number of methoxy groups -OCH3 is 3. The average molecular weight is 282 g/mol. The average Bonchev–Trinajstić information content (AvgIpc) is 2.43. The quantitative estimate of drug-likeness (QED) is 0.585. The Morgan fingerprint density at radius 2 is 1.50 bits per heavy atom. The Hall–Kier alpha value is -2.24. The molecule has 0 aliphatic rings. The molecule has 0 radical (unpaired) electrons. The van der Waals surface area contributed by atoms with Gasteiger partial charge in [0, 0.05) is 12.5 Å². The van der Waals surface area contributed by atoms with Crippen molar-refractivity contribution in [3.63, 3.8) is 0 Å². The Kier molecular flexibility index (Phi) is 5.37. The second-order valence-electron chi connectivity index (χ2n) is 4.03. The molecule has 6 heteroatoms. The van der Waals surface area contributed by atoms with Crippen molar-refractivity contribution >= 4 is 11.8 Å². The van der Waals surface area contributed by atoms with E-state index in [1.807, 2.05) is 0 Å². The molecule has 0 aromatic heterocycles. The van der Waals surface area contributed by atoms with Gasteiger partial charge in [-0.3, -0.25) is 9.59 Å². The number of carbonyl (C=O) groups excluding carboxylic acids is 2. The van der Waals surface area contributed by atoms with E-state index in [0.29, 0.717) is 22.8 Å². The maximum absolute atomic E-state index is 12.2. The first-order valence-electron chi connectivity index (χ1n) is 5.96. The van der Waals surface area contributed by atoms with Gasteiger partial charge in [-0.1, -0.05) is 0 Å². The Bertz CT molecular complexity index is 483. The first-order chi connectivity index (χ1) is 9.44. The highest BCUT2D eigenvalue weighted by molar-refractivity contribution is 6.01. The first-order valence-corrected chi connectivity index (χ1v) is 5.96. The van der Waals surface area contributed by atoms with Crippen LogP contribution in [0.3, 0.4) is 0 Å². The molecule has 0 fully saturated rings. The molecule has 0 saturated heterocycles. The van der Waals surface area contributed by atoms with Gasteiger partial charge in [-0.2, -0.15) is 0 Å². The van der Waals surface area contributed by atoms with E-state index in [4.69, 9.17) is 18.9 Å². The first kappa shape index (κ1) is 15.8. The number of ether oxygens (including phenoxy) is 4. The van der Waals surface area contributed by atoms with Gasteiger partial charge in [0.05, 0.1) is 21.3 Å². The topological polar surface area (TPSA) is 71.1 Å². The zero-order valence-electron chi connectivity index (χ0n) is 12.2. The lowest BCUT2D eigenvalue weighted by atomic mass is 10.1. The summed E-state index contributed by atoms with van der Waals surface area (Å²) in [4.78, 5) is 23.1. The zero-order valence-corrected chi connectivity index (χ0v) is 12.2. The summed E-state index contributed by atoms with van der Waals surface area (Å²) in [5.74, 6) is 0.264. The van der Waals surface area contributed by atoms with Crippen molar-refractivity contribution in [3.05, 3.63) is 17.7 Å². The van der Waals surface area contributed by atoms with Crippen molar-refractivity contribution in [3.8, 4) is 17.2 Å². The molecule has 1 rings (SSSR count). The van der Waals surface area contributed by atoms with E-state index in [2.05, 4.69) is 0 Å². The van der Waals surface area contributed by atoms with Crippen LogP contribution < -0.4 is 14.2 Å². The second kappa shape index (κ2) is 6.79. The second-order valence-corrected chi connectivity index (χ2v) is 4.03. The van der Waals surface area contributed by atoms with E-state index in [-0.39, 0.29) is 5.78 Å². The summed E-state index contributed by atoms with van der Waals surface area (Å²) in [6.45, 7) is 2.76. The maximum atomic E-state index is 12.2. The van der Waals surface area contributed by atoms with E-state index in [1.165, 1.54) is 47.3 Å². The minimum absolute atomic E-state index is 0.313. The van der Waals surface area contributed by atoms with Crippen molar-refractivity contribution in [2.45, 2.75) is 20.0 Å². The molecule has 0 spiro atoms. The minimum atomic E-state index is -0.879. The van der Waals surface area contributed by atoms with Crippen LogP contribution in [0.15, 0.2) is 12.1 Å².